The molecule has 23 heavy (non-hydrogen) atoms. The number of hydrogen-bond donors (Lipinski definition) is 1. The highest BCUT2D eigenvalue weighted by atomic mass is 16.6. The number of aryl methyl sites for hydroxylation is 1. The van der Waals surface area contributed by atoms with E-state index in [-0.39, 0.29) is 5.97 Å². The van der Waals surface area contributed by atoms with Crippen LogP contribution in [0, 0.1) is 24.2 Å². The third-order valence-electron chi connectivity index (χ3n) is 6.06. The van der Waals surface area contributed by atoms with Crippen molar-refractivity contribution in [3.63, 3.8) is 0 Å². The first-order chi connectivity index (χ1) is 10.9. The largest absolute Gasteiger partial charge is 0.481 e. The third kappa shape index (κ3) is 2.35. The second-order valence-corrected chi connectivity index (χ2v) is 7.99. The summed E-state index contributed by atoms with van der Waals surface area (Å²) in [5, 5.41) is 9.73. The molecule has 0 radical (unpaired) electrons. The quantitative estimate of drug-likeness (QED) is 0.866. The van der Waals surface area contributed by atoms with Crippen LogP contribution in [-0.2, 0) is 9.53 Å². The van der Waals surface area contributed by atoms with Gasteiger partial charge in [0.1, 0.15) is 5.60 Å². The third-order valence-corrected chi connectivity index (χ3v) is 6.06. The number of esters is 1. The minimum absolute atomic E-state index is 0.313. The van der Waals surface area contributed by atoms with Crippen LogP contribution in [-0.4, -0.2) is 22.6 Å². The molecular formula is C19H22O4. The molecule has 4 fully saturated rings. The lowest BCUT2D eigenvalue weighted by molar-refractivity contribution is -0.192. The van der Waals surface area contributed by atoms with Gasteiger partial charge < -0.3 is 9.84 Å². The summed E-state index contributed by atoms with van der Waals surface area (Å²) in [4.78, 5) is 24.4. The summed E-state index contributed by atoms with van der Waals surface area (Å²) in [5.41, 5.74) is 0.416. The van der Waals surface area contributed by atoms with E-state index >= 15 is 0 Å². The zero-order chi connectivity index (χ0) is 16.2. The van der Waals surface area contributed by atoms with Crippen LogP contribution in [0.15, 0.2) is 24.3 Å². The summed E-state index contributed by atoms with van der Waals surface area (Å²) in [5.74, 6) is -0.244. The number of carboxylic acid groups (broad SMARTS) is 1. The van der Waals surface area contributed by atoms with E-state index in [0.717, 1.165) is 37.7 Å². The highest BCUT2D eigenvalue weighted by Crippen LogP contribution is 2.63. The fourth-order valence-corrected chi connectivity index (χ4v) is 5.49. The molecule has 4 aliphatic rings. The van der Waals surface area contributed by atoms with Gasteiger partial charge in [-0.2, -0.15) is 0 Å². The molecule has 1 aromatic rings. The predicted octanol–water partition coefficient (Wildman–Crippen LogP) is 3.58. The Balaban J connectivity index is 1.60. The first-order valence-electron chi connectivity index (χ1n) is 8.43. The van der Waals surface area contributed by atoms with Crippen molar-refractivity contribution < 1.29 is 19.4 Å². The summed E-state index contributed by atoms with van der Waals surface area (Å²) in [6.07, 6.45) is 4.75. The van der Waals surface area contributed by atoms with Gasteiger partial charge in [0.2, 0.25) is 0 Å². The highest BCUT2D eigenvalue weighted by molar-refractivity contribution is 5.89. The number of rotatable bonds is 3. The van der Waals surface area contributed by atoms with Gasteiger partial charge in [0.15, 0.2) is 0 Å². The number of hydrogen-bond acceptors (Lipinski definition) is 3. The van der Waals surface area contributed by atoms with Gasteiger partial charge in [-0.05, 0) is 63.0 Å². The molecule has 2 atom stereocenters. The van der Waals surface area contributed by atoms with Crippen LogP contribution < -0.4 is 0 Å². The van der Waals surface area contributed by atoms with Gasteiger partial charge in [-0.25, -0.2) is 4.79 Å². The first-order valence-corrected chi connectivity index (χ1v) is 8.43. The lowest BCUT2D eigenvalue weighted by Crippen LogP contribution is -2.59. The molecule has 4 heteroatoms. The van der Waals surface area contributed by atoms with Gasteiger partial charge in [-0.15, -0.1) is 0 Å². The lowest BCUT2D eigenvalue weighted by Gasteiger charge is -2.59. The lowest BCUT2D eigenvalue weighted by atomic mass is 9.48. The Kier molecular flexibility index (Phi) is 3.09. The molecule has 2 unspecified atom stereocenters. The minimum Gasteiger partial charge on any atom is -0.481 e. The van der Waals surface area contributed by atoms with Gasteiger partial charge in [-0.1, -0.05) is 17.7 Å². The van der Waals surface area contributed by atoms with Crippen LogP contribution in [0.1, 0.15) is 54.4 Å². The van der Waals surface area contributed by atoms with Gasteiger partial charge >= 0.3 is 11.9 Å². The molecule has 122 valence electrons. The summed E-state index contributed by atoms with van der Waals surface area (Å²) in [6.45, 7) is 1.98. The molecule has 5 rings (SSSR count). The van der Waals surface area contributed by atoms with Crippen LogP contribution in [0.3, 0.4) is 0 Å². The zero-order valence-electron chi connectivity index (χ0n) is 13.4. The van der Waals surface area contributed by atoms with Crippen molar-refractivity contribution in [2.24, 2.45) is 17.3 Å². The monoisotopic (exact) mass is 314 g/mol. The van der Waals surface area contributed by atoms with E-state index in [1.807, 2.05) is 19.1 Å². The SMILES string of the molecule is Cc1ccc(C(=O)OC23CC4CC(C2)CC(C(=O)O)(C4)C3)cc1. The van der Waals surface area contributed by atoms with Crippen LogP contribution in [0.2, 0.25) is 0 Å². The van der Waals surface area contributed by atoms with Gasteiger partial charge in [0.05, 0.1) is 11.0 Å². The Morgan fingerprint density at radius 1 is 1.09 bits per heavy atom. The predicted molar refractivity (Wildman–Crippen MR) is 84.1 cm³/mol. The molecule has 0 saturated heterocycles. The average Bonchev–Trinajstić information content (AvgIpc) is 2.45. The maximum Gasteiger partial charge on any atom is 0.338 e. The molecule has 4 bridgehead atoms. The molecule has 0 heterocycles. The number of carboxylic acids is 1. The van der Waals surface area contributed by atoms with Crippen molar-refractivity contribution in [3.8, 4) is 0 Å². The number of benzene rings is 1. The summed E-state index contributed by atoms with van der Waals surface area (Å²) in [6, 6.07) is 7.36. The van der Waals surface area contributed by atoms with Crippen molar-refractivity contribution >= 4 is 11.9 Å². The Bertz CT molecular complexity index is 646. The van der Waals surface area contributed by atoms with E-state index < -0.39 is 17.0 Å². The van der Waals surface area contributed by atoms with Crippen LogP contribution in [0.25, 0.3) is 0 Å². The summed E-state index contributed by atoms with van der Waals surface area (Å²) >= 11 is 0. The van der Waals surface area contributed by atoms with Crippen molar-refractivity contribution in [3.05, 3.63) is 35.4 Å². The normalized spacial score (nSPS) is 37.6. The topological polar surface area (TPSA) is 63.6 Å². The van der Waals surface area contributed by atoms with Gasteiger partial charge in [-0.3, -0.25) is 4.79 Å². The molecule has 4 nitrogen and oxygen atoms in total. The second kappa shape index (κ2) is 4.83. The van der Waals surface area contributed by atoms with Crippen molar-refractivity contribution in [2.75, 3.05) is 0 Å². The highest BCUT2D eigenvalue weighted by Gasteiger charge is 2.62. The van der Waals surface area contributed by atoms with Crippen molar-refractivity contribution in [1.29, 1.82) is 0 Å². The van der Waals surface area contributed by atoms with Crippen LogP contribution in [0.4, 0.5) is 0 Å². The maximum absolute atomic E-state index is 12.5. The minimum atomic E-state index is -0.706. The van der Waals surface area contributed by atoms with Crippen molar-refractivity contribution in [1.82, 2.24) is 0 Å². The fraction of sp³-hybridized carbons (Fsp3) is 0.579. The Morgan fingerprint density at radius 2 is 1.70 bits per heavy atom. The fourth-order valence-electron chi connectivity index (χ4n) is 5.49. The Labute approximate surface area is 135 Å². The zero-order valence-corrected chi connectivity index (χ0v) is 13.4. The van der Waals surface area contributed by atoms with E-state index in [1.165, 1.54) is 0 Å². The van der Waals surface area contributed by atoms with E-state index in [9.17, 15) is 14.7 Å². The van der Waals surface area contributed by atoms with Gasteiger partial charge in [0.25, 0.3) is 0 Å². The average molecular weight is 314 g/mol. The Morgan fingerprint density at radius 3 is 2.26 bits per heavy atom. The molecular weight excluding hydrogens is 292 g/mol. The summed E-state index contributed by atoms with van der Waals surface area (Å²) in [7, 11) is 0. The van der Waals surface area contributed by atoms with E-state index in [0.29, 0.717) is 23.8 Å². The molecule has 0 aromatic heterocycles. The van der Waals surface area contributed by atoms with Crippen molar-refractivity contribution in [2.45, 2.75) is 51.0 Å². The molecule has 4 saturated carbocycles. The second-order valence-electron chi connectivity index (χ2n) is 7.99. The number of carbonyl (C=O) groups is 2. The number of aliphatic carboxylic acids is 1. The molecule has 0 aliphatic heterocycles. The van der Waals surface area contributed by atoms with E-state index in [4.69, 9.17) is 4.74 Å². The standard InChI is InChI=1S/C19H22O4/c1-12-2-4-15(5-3-12)16(20)23-19-9-13-6-14(10-19)8-18(7-13,11-19)17(21)22/h2-5,13-14H,6-11H2,1H3,(H,21,22). The molecule has 1 aromatic carbocycles. The van der Waals surface area contributed by atoms with E-state index in [1.54, 1.807) is 12.1 Å². The Hall–Kier alpha value is -1.84. The number of ether oxygens (including phenoxy) is 1. The molecule has 4 aliphatic carbocycles. The maximum atomic E-state index is 12.5. The smallest absolute Gasteiger partial charge is 0.338 e. The number of carbonyl (C=O) groups excluding carboxylic acids is 1. The molecule has 0 amide bonds. The van der Waals surface area contributed by atoms with Gasteiger partial charge in [0, 0.05) is 6.42 Å². The molecule has 0 spiro atoms. The van der Waals surface area contributed by atoms with E-state index in [2.05, 4.69) is 0 Å². The van der Waals surface area contributed by atoms with Crippen LogP contribution >= 0.6 is 0 Å². The first kappa shape index (κ1) is 14.7. The van der Waals surface area contributed by atoms with Crippen LogP contribution in [0.5, 0.6) is 0 Å². The molecule has 1 N–H and O–H groups in total. The summed E-state index contributed by atoms with van der Waals surface area (Å²) < 4.78 is 5.95.